The van der Waals surface area contributed by atoms with Gasteiger partial charge in [-0.3, -0.25) is 5.10 Å². The predicted molar refractivity (Wildman–Crippen MR) is 63.7 cm³/mol. The number of aromatic nitrogens is 4. The Morgan fingerprint density at radius 1 is 1.31 bits per heavy atom. The average Bonchev–Trinajstić information content (AvgIpc) is 2.78. The van der Waals surface area contributed by atoms with Crippen molar-refractivity contribution in [2.24, 2.45) is 5.73 Å². The van der Waals surface area contributed by atoms with Gasteiger partial charge < -0.3 is 5.73 Å². The van der Waals surface area contributed by atoms with Gasteiger partial charge in [-0.25, -0.2) is 4.52 Å². The summed E-state index contributed by atoms with van der Waals surface area (Å²) in [5, 5.41) is 12.0. The highest BCUT2D eigenvalue weighted by molar-refractivity contribution is 6.34. The van der Waals surface area contributed by atoms with Crippen molar-refractivity contribution in [1.82, 2.24) is 19.8 Å². The lowest BCUT2D eigenvalue weighted by atomic mass is 10.2. The van der Waals surface area contributed by atoms with E-state index in [1.54, 1.807) is 0 Å². The molecule has 0 spiro atoms. The van der Waals surface area contributed by atoms with Crippen molar-refractivity contribution >= 4 is 17.2 Å². The van der Waals surface area contributed by atoms with Crippen LogP contribution in [-0.4, -0.2) is 26.4 Å². The van der Waals surface area contributed by atoms with Crippen molar-refractivity contribution in [2.45, 2.75) is 32.6 Å². The molecule has 6 heteroatoms. The standard InChI is InChI=1S/C10H16ClN5/c1-7-9(11)10-14-13-8(16(10)15-7)5-3-2-4-6-12/h15H,2-6,12H2,1H3. The number of aromatic amines is 1. The van der Waals surface area contributed by atoms with Crippen LogP contribution in [0.1, 0.15) is 30.8 Å². The zero-order valence-corrected chi connectivity index (χ0v) is 10.1. The first kappa shape index (κ1) is 11.4. The highest BCUT2D eigenvalue weighted by atomic mass is 35.5. The Morgan fingerprint density at radius 2 is 2.12 bits per heavy atom. The Balaban J connectivity index is 2.09. The minimum Gasteiger partial charge on any atom is -0.330 e. The van der Waals surface area contributed by atoms with E-state index in [9.17, 15) is 0 Å². The number of H-pyrrole nitrogens is 1. The molecule has 0 amide bonds. The summed E-state index contributed by atoms with van der Waals surface area (Å²) in [6.45, 7) is 2.68. The molecule has 0 radical (unpaired) electrons. The molecule has 0 bridgehead atoms. The van der Waals surface area contributed by atoms with Gasteiger partial charge >= 0.3 is 0 Å². The number of hydrogen-bond acceptors (Lipinski definition) is 3. The molecule has 0 aliphatic rings. The maximum Gasteiger partial charge on any atom is 0.196 e. The normalized spacial score (nSPS) is 11.4. The summed E-state index contributed by atoms with van der Waals surface area (Å²) in [6.07, 6.45) is 4.16. The third-order valence-electron chi connectivity index (χ3n) is 2.64. The molecule has 0 fully saturated rings. The quantitative estimate of drug-likeness (QED) is 0.783. The Hall–Kier alpha value is -1.07. The van der Waals surface area contributed by atoms with Crippen LogP contribution < -0.4 is 5.73 Å². The molecule has 0 saturated heterocycles. The monoisotopic (exact) mass is 241 g/mol. The van der Waals surface area contributed by atoms with Crippen molar-refractivity contribution in [2.75, 3.05) is 6.54 Å². The van der Waals surface area contributed by atoms with E-state index in [1.807, 2.05) is 11.4 Å². The maximum absolute atomic E-state index is 6.07. The second-order valence-electron chi connectivity index (χ2n) is 3.93. The third kappa shape index (κ3) is 2.05. The van der Waals surface area contributed by atoms with Crippen molar-refractivity contribution < 1.29 is 0 Å². The Labute approximate surface area is 99.0 Å². The van der Waals surface area contributed by atoms with Gasteiger partial charge in [0.25, 0.3) is 0 Å². The Morgan fingerprint density at radius 3 is 2.88 bits per heavy atom. The zero-order chi connectivity index (χ0) is 11.5. The molecule has 2 heterocycles. The molecule has 2 rings (SSSR count). The maximum atomic E-state index is 6.07. The van der Waals surface area contributed by atoms with Gasteiger partial charge in [0.05, 0.1) is 5.69 Å². The van der Waals surface area contributed by atoms with Crippen molar-refractivity contribution in [1.29, 1.82) is 0 Å². The fourth-order valence-electron chi connectivity index (χ4n) is 1.73. The summed E-state index contributed by atoms with van der Waals surface area (Å²) in [7, 11) is 0. The van der Waals surface area contributed by atoms with Crippen LogP contribution >= 0.6 is 11.6 Å². The van der Waals surface area contributed by atoms with Crippen molar-refractivity contribution in [3.8, 4) is 0 Å². The van der Waals surface area contributed by atoms with Gasteiger partial charge in [-0.05, 0) is 26.3 Å². The highest BCUT2D eigenvalue weighted by Crippen LogP contribution is 2.20. The molecule has 88 valence electrons. The molecule has 0 saturated carbocycles. The second kappa shape index (κ2) is 4.84. The van der Waals surface area contributed by atoms with Gasteiger partial charge in [-0.2, -0.15) is 0 Å². The van der Waals surface area contributed by atoms with Crippen LogP contribution in [0, 0.1) is 6.92 Å². The molecule has 0 atom stereocenters. The van der Waals surface area contributed by atoms with Gasteiger partial charge in [0.2, 0.25) is 0 Å². The van der Waals surface area contributed by atoms with E-state index < -0.39 is 0 Å². The fourth-order valence-corrected chi connectivity index (χ4v) is 1.89. The van der Waals surface area contributed by atoms with Crippen LogP contribution in [0.25, 0.3) is 5.65 Å². The summed E-state index contributed by atoms with van der Waals surface area (Å²) >= 11 is 6.07. The molecule has 5 nitrogen and oxygen atoms in total. The number of nitrogens with one attached hydrogen (secondary N) is 1. The first-order valence-electron chi connectivity index (χ1n) is 5.52. The molecule has 2 aromatic rings. The van der Waals surface area contributed by atoms with Crippen molar-refractivity contribution in [3.05, 3.63) is 16.5 Å². The highest BCUT2D eigenvalue weighted by Gasteiger charge is 2.12. The Bertz CT molecular complexity index is 473. The summed E-state index contributed by atoms with van der Waals surface area (Å²) in [6, 6.07) is 0. The van der Waals surface area contributed by atoms with Crippen LogP contribution in [0.4, 0.5) is 0 Å². The third-order valence-corrected chi connectivity index (χ3v) is 3.09. The molecule has 0 aliphatic heterocycles. The number of hydrogen-bond donors (Lipinski definition) is 2. The van der Waals surface area contributed by atoms with Crippen LogP contribution in [0.2, 0.25) is 5.02 Å². The number of fused-ring (bicyclic) bond motifs is 1. The molecular formula is C10H16ClN5. The van der Waals surface area contributed by atoms with E-state index in [-0.39, 0.29) is 0 Å². The SMILES string of the molecule is Cc1[nH]n2c(CCCCCN)nnc2c1Cl. The molecule has 2 aromatic heterocycles. The number of nitrogens with two attached hydrogens (primary N) is 1. The largest absolute Gasteiger partial charge is 0.330 e. The number of aryl methyl sites for hydroxylation is 2. The summed E-state index contributed by atoms with van der Waals surface area (Å²) in [5.74, 6) is 0.932. The minimum atomic E-state index is 0.653. The van der Waals surface area contributed by atoms with Gasteiger partial charge in [-0.1, -0.05) is 18.0 Å². The van der Waals surface area contributed by atoms with Crippen LogP contribution in [0.15, 0.2) is 0 Å². The van der Waals surface area contributed by atoms with Crippen LogP contribution in [-0.2, 0) is 6.42 Å². The number of halogens is 1. The van der Waals surface area contributed by atoms with E-state index >= 15 is 0 Å². The molecule has 0 unspecified atom stereocenters. The number of nitrogens with zero attached hydrogens (tertiary/aromatic N) is 3. The van der Waals surface area contributed by atoms with E-state index in [2.05, 4.69) is 15.3 Å². The smallest absolute Gasteiger partial charge is 0.196 e. The Kier molecular flexibility index (Phi) is 3.46. The van der Waals surface area contributed by atoms with Gasteiger partial charge in [0.1, 0.15) is 5.02 Å². The lowest BCUT2D eigenvalue weighted by molar-refractivity contribution is 0.656. The average molecular weight is 242 g/mol. The molecule has 0 aliphatic carbocycles. The van der Waals surface area contributed by atoms with E-state index in [1.165, 1.54) is 0 Å². The summed E-state index contributed by atoms with van der Waals surface area (Å²) < 4.78 is 1.86. The van der Waals surface area contributed by atoms with Crippen molar-refractivity contribution in [3.63, 3.8) is 0 Å². The van der Waals surface area contributed by atoms with Crippen LogP contribution in [0.3, 0.4) is 0 Å². The number of unbranched alkanes of at least 4 members (excludes halogenated alkanes) is 2. The van der Waals surface area contributed by atoms with E-state index in [0.717, 1.165) is 43.7 Å². The second-order valence-corrected chi connectivity index (χ2v) is 4.30. The summed E-state index contributed by atoms with van der Waals surface area (Å²) in [4.78, 5) is 0. The van der Waals surface area contributed by atoms with Gasteiger partial charge in [0.15, 0.2) is 11.5 Å². The van der Waals surface area contributed by atoms with E-state index in [0.29, 0.717) is 10.7 Å². The number of rotatable bonds is 5. The molecule has 0 aromatic carbocycles. The lowest BCUT2D eigenvalue weighted by Gasteiger charge is -1.97. The minimum absolute atomic E-state index is 0.653. The molecular weight excluding hydrogens is 226 g/mol. The zero-order valence-electron chi connectivity index (χ0n) is 9.33. The first-order valence-corrected chi connectivity index (χ1v) is 5.90. The first-order chi connectivity index (χ1) is 7.74. The van der Waals surface area contributed by atoms with E-state index in [4.69, 9.17) is 17.3 Å². The molecule has 3 N–H and O–H groups in total. The molecule has 16 heavy (non-hydrogen) atoms. The predicted octanol–water partition coefficient (Wildman–Crippen LogP) is 1.69. The topological polar surface area (TPSA) is 72.0 Å². The van der Waals surface area contributed by atoms with Gasteiger partial charge in [-0.15, -0.1) is 10.2 Å². The van der Waals surface area contributed by atoms with Gasteiger partial charge in [0, 0.05) is 6.42 Å². The summed E-state index contributed by atoms with van der Waals surface area (Å²) in [5.41, 5.74) is 7.09. The fraction of sp³-hybridized carbons (Fsp3) is 0.600. The lowest BCUT2D eigenvalue weighted by Crippen LogP contribution is -2.00. The van der Waals surface area contributed by atoms with Crippen LogP contribution in [0.5, 0.6) is 0 Å².